The Balaban J connectivity index is 2.44. The van der Waals surface area contributed by atoms with Crippen molar-refractivity contribution in [2.24, 2.45) is 0 Å². The minimum absolute atomic E-state index is 0.0197. The molecule has 2 atom stereocenters. The van der Waals surface area contributed by atoms with Gasteiger partial charge in [0, 0.05) is 6.04 Å². The quantitative estimate of drug-likeness (QED) is 0.538. The number of amides is 1. The molecule has 1 rings (SSSR count). The molecule has 0 aliphatic carbocycles. The van der Waals surface area contributed by atoms with E-state index in [2.05, 4.69) is 26.8 Å². The second-order valence-corrected chi connectivity index (χ2v) is 3.34. The zero-order valence-electron chi connectivity index (χ0n) is 5.15. The molecule has 0 aromatic rings. The Hall–Kier alpha value is -0.0900. The van der Waals surface area contributed by atoms with E-state index >= 15 is 0 Å². The van der Waals surface area contributed by atoms with E-state index in [1.54, 1.807) is 0 Å². The van der Waals surface area contributed by atoms with Crippen LogP contribution in [0, 0.1) is 0 Å². The van der Waals surface area contributed by atoms with Crippen molar-refractivity contribution in [2.75, 3.05) is 0 Å². The summed E-state index contributed by atoms with van der Waals surface area (Å²) >= 11 is 3.24. The van der Waals surface area contributed by atoms with Gasteiger partial charge in [0.05, 0.1) is 4.83 Å². The van der Waals surface area contributed by atoms with Crippen LogP contribution >= 0.6 is 15.9 Å². The van der Waals surface area contributed by atoms with Crippen LogP contribution in [0.1, 0.15) is 13.3 Å². The Bertz CT molecular complexity index is 128. The Morgan fingerprint density at radius 2 is 2.44 bits per heavy atom. The number of carbonyl (C=O) groups is 1. The van der Waals surface area contributed by atoms with Crippen molar-refractivity contribution in [1.82, 2.24) is 10.9 Å². The van der Waals surface area contributed by atoms with Crippen molar-refractivity contribution in [3.05, 3.63) is 0 Å². The van der Waals surface area contributed by atoms with Gasteiger partial charge in [0.1, 0.15) is 0 Å². The molecule has 1 saturated heterocycles. The van der Waals surface area contributed by atoms with Crippen LogP contribution in [-0.4, -0.2) is 16.8 Å². The Kier molecular flexibility index (Phi) is 2.08. The van der Waals surface area contributed by atoms with Gasteiger partial charge in [-0.05, 0) is 13.3 Å². The normalized spacial score (nSPS) is 36.0. The van der Waals surface area contributed by atoms with Gasteiger partial charge in [0.15, 0.2) is 0 Å². The smallest absolute Gasteiger partial charge is 0.247 e. The first-order valence-corrected chi connectivity index (χ1v) is 3.81. The molecule has 0 aromatic carbocycles. The van der Waals surface area contributed by atoms with Gasteiger partial charge in [-0.2, -0.15) is 0 Å². The molecular weight excluding hydrogens is 184 g/mol. The maximum atomic E-state index is 10.7. The third-order valence-electron chi connectivity index (χ3n) is 1.29. The van der Waals surface area contributed by atoms with Crippen molar-refractivity contribution in [3.63, 3.8) is 0 Å². The third-order valence-corrected chi connectivity index (χ3v) is 2.08. The second kappa shape index (κ2) is 2.66. The lowest BCUT2D eigenvalue weighted by molar-refractivity contribution is -0.123. The van der Waals surface area contributed by atoms with Gasteiger partial charge >= 0.3 is 0 Å². The predicted octanol–water partition coefficient (Wildman–Crippen LogP) is 0.163. The molecule has 9 heavy (non-hydrogen) atoms. The van der Waals surface area contributed by atoms with E-state index in [1.165, 1.54) is 0 Å². The number of hydrogen-bond acceptors (Lipinski definition) is 2. The fraction of sp³-hybridized carbons (Fsp3) is 0.800. The van der Waals surface area contributed by atoms with Crippen LogP contribution in [-0.2, 0) is 4.79 Å². The van der Waals surface area contributed by atoms with Gasteiger partial charge in [-0.1, -0.05) is 15.9 Å². The molecule has 1 heterocycles. The molecule has 1 amide bonds. The number of hydrogen-bond donors (Lipinski definition) is 2. The van der Waals surface area contributed by atoms with E-state index in [0.29, 0.717) is 6.04 Å². The fourth-order valence-electron chi connectivity index (χ4n) is 0.749. The van der Waals surface area contributed by atoms with Crippen molar-refractivity contribution in [1.29, 1.82) is 0 Å². The van der Waals surface area contributed by atoms with Crippen LogP contribution in [0.25, 0.3) is 0 Å². The molecule has 2 N–H and O–H groups in total. The number of alkyl halides is 1. The van der Waals surface area contributed by atoms with Crippen molar-refractivity contribution in [2.45, 2.75) is 24.2 Å². The van der Waals surface area contributed by atoms with Gasteiger partial charge in [-0.25, -0.2) is 5.43 Å². The van der Waals surface area contributed by atoms with Gasteiger partial charge in [0.25, 0.3) is 0 Å². The summed E-state index contributed by atoms with van der Waals surface area (Å²) < 4.78 is 0. The second-order valence-electron chi connectivity index (χ2n) is 2.24. The molecule has 0 spiro atoms. The Morgan fingerprint density at radius 1 is 1.78 bits per heavy atom. The topological polar surface area (TPSA) is 41.1 Å². The monoisotopic (exact) mass is 192 g/mol. The van der Waals surface area contributed by atoms with Crippen LogP contribution in [0.4, 0.5) is 0 Å². The van der Waals surface area contributed by atoms with E-state index < -0.39 is 0 Å². The van der Waals surface area contributed by atoms with Crippen LogP contribution in [0.5, 0.6) is 0 Å². The molecule has 4 heteroatoms. The van der Waals surface area contributed by atoms with E-state index in [9.17, 15) is 4.79 Å². The molecule has 2 unspecified atom stereocenters. The standard InChI is InChI=1S/C5H9BrN2O/c1-3-2-4(6)5(9)8-7-3/h3-4,7H,2H2,1H3,(H,8,9). The highest BCUT2D eigenvalue weighted by atomic mass is 79.9. The summed E-state index contributed by atoms with van der Waals surface area (Å²) in [6.07, 6.45) is 0.853. The van der Waals surface area contributed by atoms with E-state index in [4.69, 9.17) is 0 Å². The molecule has 0 saturated carbocycles. The summed E-state index contributed by atoms with van der Waals surface area (Å²) in [7, 11) is 0. The number of rotatable bonds is 0. The minimum Gasteiger partial charge on any atom is -0.290 e. The zero-order valence-corrected chi connectivity index (χ0v) is 6.73. The van der Waals surface area contributed by atoms with E-state index in [1.807, 2.05) is 6.92 Å². The summed E-state index contributed by atoms with van der Waals surface area (Å²) in [6, 6.07) is 0.368. The lowest BCUT2D eigenvalue weighted by Gasteiger charge is -2.23. The molecule has 0 radical (unpaired) electrons. The van der Waals surface area contributed by atoms with E-state index in [-0.39, 0.29) is 10.7 Å². The summed E-state index contributed by atoms with van der Waals surface area (Å²) in [4.78, 5) is 10.7. The van der Waals surface area contributed by atoms with Gasteiger partial charge in [0.2, 0.25) is 5.91 Å². The van der Waals surface area contributed by atoms with Crippen LogP contribution in [0.3, 0.4) is 0 Å². The third kappa shape index (κ3) is 1.66. The molecule has 52 valence electrons. The Labute approximate surface area is 62.3 Å². The largest absolute Gasteiger partial charge is 0.290 e. The maximum absolute atomic E-state index is 10.7. The summed E-state index contributed by atoms with van der Waals surface area (Å²) in [5, 5.41) is 0. The van der Waals surface area contributed by atoms with E-state index in [0.717, 1.165) is 6.42 Å². The SMILES string of the molecule is CC1CC(Br)C(=O)NN1. The highest BCUT2D eigenvalue weighted by molar-refractivity contribution is 9.10. The van der Waals surface area contributed by atoms with Crippen LogP contribution in [0.2, 0.25) is 0 Å². The van der Waals surface area contributed by atoms with Crippen molar-refractivity contribution in [3.8, 4) is 0 Å². The Morgan fingerprint density at radius 3 is 2.89 bits per heavy atom. The highest BCUT2D eigenvalue weighted by Gasteiger charge is 2.22. The minimum atomic E-state index is -0.0197. The first kappa shape index (κ1) is 7.02. The molecule has 1 aliphatic rings. The number of nitrogens with one attached hydrogen (secondary N) is 2. The van der Waals surface area contributed by atoms with Crippen molar-refractivity contribution >= 4 is 21.8 Å². The average molecular weight is 193 g/mol. The first-order chi connectivity index (χ1) is 4.20. The van der Waals surface area contributed by atoms with Crippen LogP contribution < -0.4 is 10.9 Å². The lowest BCUT2D eigenvalue weighted by atomic mass is 10.1. The first-order valence-electron chi connectivity index (χ1n) is 2.89. The molecule has 3 nitrogen and oxygen atoms in total. The number of carbonyl (C=O) groups excluding carboxylic acids is 1. The maximum Gasteiger partial charge on any atom is 0.247 e. The van der Waals surface area contributed by atoms with Gasteiger partial charge in [-0.15, -0.1) is 0 Å². The van der Waals surface area contributed by atoms with Gasteiger partial charge < -0.3 is 0 Å². The predicted molar refractivity (Wildman–Crippen MR) is 38.1 cm³/mol. The average Bonchev–Trinajstić information content (AvgIpc) is 1.80. The molecule has 1 fully saturated rings. The fourth-order valence-corrected chi connectivity index (χ4v) is 1.42. The summed E-state index contributed by atoms with van der Waals surface area (Å²) in [6.45, 7) is 2.02. The molecule has 0 aromatic heterocycles. The van der Waals surface area contributed by atoms with Gasteiger partial charge in [-0.3, -0.25) is 10.2 Å². The van der Waals surface area contributed by atoms with Crippen molar-refractivity contribution < 1.29 is 4.79 Å². The number of halogens is 1. The summed E-state index contributed by atoms with van der Waals surface area (Å²) in [5.41, 5.74) is 5.38. The van der Waals surface area contributed by atoms with Crippen LogP contribution in [0.15, 0.2) is 0 Å². The summed E-state index contributed by atoms with van der Waals surface area (Å²) in [5.74, 6) is 0.0214. The number of hydrazine groups is 1. The highest BCUT2D eigenvalue weighted by Crippen LogP contribution is 2.10. The molecular formula is C5H9BrN2O. The molecule has 1 aliphatic heterocycles. The lowest BCUT2D eigenvalue weighted by Crippen LogP contribution is -2.52. The zero-order chi connectivity index (χ0) is 6.85. The molecule has 0 bridgehead atoms.